The van der Waals surface area contributed by atoms with Crippen molar-refractivity contribution in [2.45, 2.75) is 18.9 Å². The summed E-state index contributed by atoms with van der Waals surface area (Å²) < 4.78 is 5.32. The van der Waals surface area contributed by atoms with Crippen LogP contribution in [0.3, 0.4) is 0 Å². The molecule has 108 valence electrons. The largest absolute Gasteiger partial charge is 0.368 e. The molecule has 0 aromatic heterocycles. The maximum atomic E-state index is 12.0. The summed E-state index contributed by atoms with van der Waals surface area (Å²) in [5.41, 5.74) is 6.27. The lowest BCUT2D eigenvalue weighted by Gasteiger charge is -2.13. The average Bonchev–Trinajstić information content (AvgIpc) is 2.99. The van der Waals surface area contributed by atoms with E-state index in [0.717, 1.165) is 6.42 Å². The van der Waals surface area contributed by atoms with E-state index < -0.39 is 6.10 Å². The lowest BCUT2D eigenvalue weighted by atomic mass is 10.1. The fourth-order valence-corrected chi connectivity index (χ4v) is 2.07. The second-order valence-corrected chi connectivity index (χ2v) is 4.58. The molecule has 1 fully saturated rings. The van der Waals surface area contributed by atoms with Crippen LogP contribution in [0.4, 0.5) is 5.69 Å². The molecule has 1 aromatic rings. The third-order valence-corrected chi connectivity index (χ3v) is 3.08. The van der Waals surface area contributed by atoms with Crippen molar-refractivity contribution >= 4 is 17.5 Å². The van der Waals surface area contributed by atoms with Crippen molar-refractivity contribution in [1.29, 1.82) is 0 Å². The predicted octanol–water partition coefficient (Wildman–Crippen LogP) is 0.493. The summed E-state index contributed by atoms with van der Waals surface area (Å²) in [5, 5.41) is 5.44. The molecule has 2 amide bonds. The van der Waals surface area contributed by atoms with Gasteiger partial charge in [0.15, 0.2) is 0 Å². The minimum absolute atomic E-state index is 0.207. The molecule has 1 atom stereocenters. The maximum Gasteiger partial charge on any atom is 0.253 e. The van der Waals surface area contributed by atoms with Crippen molar-refractivity contribution < 1.29 is 14.3 Å². The number of nitrogens with one attached hydrogen (secondary N) is 2. The van der Waals surface area contributed by atoms with Gasteiger partial charge in [0.2, 0.25) is 0 Å². The van der Waals surface area contributed by atoms with Crippen LogP contribution in [-0.2, 0) is 9.53 Å². The normalized spacial score (nSPS) is 17.8. The van der Waals surface area contributed by atoms with Gasteiger partial charge in [-0.15, -0.1) is 0 Å². The molecule has 2 rings (SSSR count). The second-order valence-electron chi connectivity index (χ2n) is 4.58. The number of hydrogen-bond donors (Lipinski definition) is 3. The molecule has 4 N–H and O–H groups in total. The van der Waals surface area contributed by atoms with E-state index in [-0.39, 0.29) is 11.8 Å². The number of anilines is 1. The van der Waals surface area contributed by atoms with E-state index in [1.165, 1.54) is 0 Å². The molecular formula is C14H19N3O3. The lowest BCUT2D eigenvalue weighted by Crippen LogP contribution is -2.31. The van der Waals surface area contributed by atoms with Crippen molar-refractivity contribution in [3.05, 3.63) is 29.8 Å². The number of para-hydroxylation sites is 1. The highest BCUT2D eigenvalue weighted by atomic mass is 16.5. The molecule has 20 heavy (non-hydrogen) atoms. The quantitative estimate of drug-likeness (QED) is 0.730. The second kappa shape index (κ2) is 7.02. The van der Waals surface area contributed by atoms with Gasteiger partial charge in [0.1, 0.15) is 6.10 Å². The molecule has 0 radical (unpaired) electrons. The Kier molecular flexibility index (Phi) is 5.09. The number of hydrogen-bond acceptors (Lipinski definition) is 4. The van der Waals surface area contributed by atoms with Gasteiger partial charge in [0, 0.05) is 19.7 Å². The van der Waals surface area contributed by atoms with Crippen molar-refractivity contribution in [3.63, 3.8) is 0 Å². The fraction of sp³-hybridized carbons (Fsp3) is 0.429. The highest BCUT2D eigenvalue weighted by Crippen LogP contribution is 2.18. The van der Waals surface area contributed by atoms with Gasteiger partial charge in [-0.3, -0.25) is 9.59 Å². The van der Waals surface area contributed by atoms with Gasteiger partial charge in [-0.25, -0.2) is 0 Å². The number of nitrogens with two attached hydrogens (primary N) is 1. The Hall–Kier alpha value is -1.92. The summed E-state index contributed by atoms with van der Waals surface area (Å²) in [7, 11) is 0. The Morgan fingerprint density at radius 1 is 1.35 bits per heavy atom. The first kappa shape index (κ1) is 14.5. The summed E-state index contributed by atoms with van der Waals surface area (Å²) in [6.45, 7) is 1.37. The van der Waals surface area contributed by atoms with Gasteiger partial charge in [-0.1, -0.05) is 12.1 Å². The van der Waals surface area contributed by atoms with Gasteiger partial charge in [-0.2, -0.15) is 0 Å². The van der Waals surface area contributed by atoms with Crippen LogP contribution < -0.4 is 16.4 Å². The Labute approximate surface area is 117 Å². The Morgan fingerprint density at radius 2 is 2.15 bits per heavy atom. The SMILES string of the molecule is NCCNC(=O)c1ccccc1NC(=O)C1CCCO1. The van der Waals surface area contributed by atoms with Crippen LogP contribution in [0.15, 0.2) is 24.3 Å². The topological polar surface area (TPSA) is 93.5 Å². The third kappa shape index (κ3) is 3.55. The standard InChI is InChI=1S/C14H19N3O3/c15-7-8-16-13(18)10-4-1-2-5-11(10)17-14(19)12-6-3-9-20-12/h1-2,4-5,12H,3,6-9,15H2,(H,16,18)(H,17,19). The molecule has 1 aromatic carbocycles. The van der Waals surface area contributed by atoms with Gasteiger partial charge < -0.3 is 21.1 Å². The monoisotopic (exact) mass is 277 g/mol. The first-order valence-electron chi connectivity index (χ1n) is 6.72. The zero-order valence-electron chi connectivity index (χ0n) is 11.2. The van der Waals surface area contributed by atoms with Crippen molar-refractivity contribution in [2.24, 2.45) is 5.73 Å². The zero-order chi connectivity index (χ0) is 14.4. The Morgan fingerprint density at radius 3 is 2.85 bits per heavy atom. The lowest BCUT2D eigenvalue weighted by molar-refractivity contribution is -0.124. The van der Waals surface area contributed by atoms with E-state index in [1.54, 1.807) is 24.3 Å². The molecule has 1 aliphatic rings. The number of benzene rings is 1. The number of carbonyl (C=O) groups excluding carboxylic acids is 2. The molecule has 6 heteroatoms. The number of rotatable bonds is 5. The van der Waals surface area contributed by atoms with Crippen molar-refractivity contribution in [3.8, 4) is 0 Å². The number of amides is 2. The van der Waals surface area contributed by atoms with Crippen molar-refractivity contribution in [2.75, 3.05) is 25.0 Å². The first-order valence-corrected chi connectivity index (χ1v) is 6.72. The van der Waals surface area contributed by atoms with Crippen LogP contribution >= 0.6 is 0 Å². The maximum absolute atomic E-state index is 12.0. The highest BCUT2D eigenvalue weighted by Gasteiger charge is 2.24. The van der Waals surface area contributed by atoms with E-state index in [9.17, 15) is 9.59 Å². The summed E-state index contributed by atoms with van der Waals surface area (Å²) in [4.78, 5) is 24.0. The smallest absolute Gasteiger partial charge is 0.253 e. The Balaban J connectivity index is 2.07. The van der Waals surface area contributed by atoms with E-state index in [1.807, 2.05) is 0 Å². The van der Waals surface area contributed by atoms with Gasteiger partial charge in [0.25, 0.3) is 11.8 Å². The van der Waals surface area contributed by atoms with Crippen LogP contribution in [-0.4, -0.2) is 37.6 Å². The van der Waals surface area contributed by atoms with Crippen LogP contribution in [0.1, 0.15) is 23.2 Å². The van der Waals surface area contributed by atoms with Gasteiger partial charge in [-0.05, 0) is 25.0 Å². The molecule has 0 aliphatic carbocycles. The molecule has 0 bridgehead atoms. The molecule has 6 nitrogen and oxygen atoms in total. The number of carbonyl (C=O) groups is 2. The van der Waals surface area contributed by atoms with E-state index >= 15 is 0 Å². The van der Waals surface area contributed by atoms with E-state index in [4.69, 9.17) is 10.5 Å². The molecule has 0 spiro atoms. The summed E-state index contributed by atoms with van der Waals surface area (Å²) in [6, 6.07) is 6.88. The summed E-state index contributed by atoms with van der Waals surface area (Å²) in [5.74, 6) is -0.458. The zero-order valence-corrected chi connectivity index (χ0v) is 11.2. The summed E-state index contributed by atoms with van der Waals surface area (Å²) in [6.07, 6.45) is 1.18. The number of ether oxygens (including phenoxy) is 1. The van der Waals surface area contributed by atoms with E-state index in [2.05, 4.69) is 10.6 Å². The third-order valence-electron chi connectivity index (χ3n) is 3.08. The van der Waals surface area contributed by atoms with Crippen LogP contribution in [0.2, 0.25) is 0 Å². The molecular weight excluding hydrogens is 258 g/mol. The fourth-order valence-electron chi connectivity index (χ4n) is 2.07. The van der Waals surface area contributed by atoms with Crippen LogP contribution in [0.5, 0.6) is 0 Å². The van der Waals surface area contributed by atoms with Crippen molar-refractivity contribution in [1.82, 2.24) is 5.32 Å². The van der Waals surface area contributed by atoms with Gasteiger partial charge in [0.05, 0.1) is 11.3 Å². The Bertz CT molecular complexity index is 484. The summed E-state index contributed by atoms with van der Waals surface area (Å²) >= 11 is 0. The average molecular weight is 277 g/mol. The highest BCUT2D eigenvalue weighted by molar-refractivity contribution is 6.04. The van der Waals surface area contributed by atoms with Crippen LogP contribution in [0.25, 0.3) is 0 Å². The van der Waals surface area contributed by atoms with E-state index in [0.29, 0.717) is 37.4 Å². The predicted molar refractivity (Wildman–Crippen MR) is 75.4 cm³/mol. The molecule has 1 unspecified atom stereocenters. The van der Waals surface area contributed by atoms with Crippen LogP contribution in [0, 0.1) is 0 Å². The first-order chi connectivity index (χ1) is 9.72. The minimum Gasteiger partial charge on any atom is -0.368 e. The molecule has 0 saturated carbocycles. The molecule has 1 aliphatic heterocycles. The molecule has 1 heterocycles. The molecule has 1 saturated heterocycles. The van der Waals surface area contributed by atoms with Gasteiger partial charge >= 0.3 is 0 Å². The minimum atomic E-state index is -0.421.